The molecule has 2 aromatic carbocycles. The van der Waals surface area contributed by atoms with Gasteiger partial charge in [-0.3, -0.25) is 24.2 Å². The highest BCUT2D eigenvalue weighted by molar-refractivity contribution is 6.25. The van der Waals surface area contributed by atoms with Crippen molar-refractivity contribution in [3.8, 4) is 5.75 Å². The first-order valence-electron chi connectivity index (χ1n) is 13.6. The number of fused-ring (bicyclic) bond motifs is 4. The summed E-state index contributed by atoms with van der Waals surface area (Å²) in [6, 6.07) is 6.28. The van der Waals surface area contributed by atoms with Gasteiger partial charge in [0.25, 0.3) is 5.91 Å². The number of phenolic OH excluding ortho intramolecular Hbond substituents is 1. The Morgan fingerprint density at radius 2 is 1.93 bits per heavy atom. The third-order valence-corrected chi connectivity index (χ3v) is 9.21. The maximum atomic E-state index is 13.9. The van der Waals surface area contributed by atoms with E-state index in [-0.39, 0.29) is 29.7 Å². The predicted octanol–water partition coefficient (Wildman–Crippen LogP) is 1.82. The Kier molecular flexibility index (Phi) is 6.25. The number of primary amides is 1. The minimum Gasteiger partial charge on any atom is -0.510 e. The molecule has 0 aromatic heterocycles. The van der Waals surface area contributed by atoms with Crippen LogP contribution < -0.4 is 5.73 Å². The van der Waals surface area contributed by atoms with Crippen molar-refractivity contribution in [3.63, 3.8) is 0 Å². The maximum absolute atomic E-state index is 13.9. The molecule has 0 saturated carbocycles. The molecule has 216 valence electrons. The first-order valence-corrected chi connectivity index (χ1v) is 13.6. The lowest BCUT2D eigenvalue weighted by Gasteiger charge is -2.50. The van der Waals surface area contributed by atoms with Crippen molar-refractivity contribution in [1.82, 2.24) is 9.80 Å². The van der Waals surface area contributed by atoms with Gasteiger partial charge in [0.2, 0.25) is 5.78 Å². The number of aliphatic hydroxyl groups is 3. The molecule has 11 heteroatoms. The van der Waals surface area contributed by atoms with Crippen LogP contribution in [0.15, 0.2) is 46.9 Å². The average molecular weight is 566 g/mol. The molecule has 2 aromatic rings. The summed E-state index contributed by atoms with van der Waals surface area (Å²) in [5, 5.41) is 46.5. The number of Topliss-reactive ketones (excluding diaryl/α,β-unsaturated/α-hetero) is 2. The molecule has 0 radical (unpaired) electrons. The SMILES string of the molecule is CN(C)[C@@H]1C(O)=C(C(N)=O)C(=O)[C@@]2(O)C(O)=C3C(=O)c4c(cc5ccc(CN6CC[C@H](F)C6)cc5c4O)C[C@H]3C[C@@H]12. The van der Waals surface area contributed by atoms with Gasteiger partial charge in [0.15, 0.2) is 11.4 Å². The minimum atomic E-state index is -2.67. The normalized spacial score (nSPS) is 30.2. The highest BCUT2D eigenvalue weighted by Gasteiger charge is 2.63. The van der Waals surface area contributed by atoms with E-state index in [1.54, 1.807) is 20.2 Å². The number of carbonyl (C=O) groups excluding carboxylic acids is 3. The van der Waals surface area contributed by atoms with Gasteiger partial charge in [-0.1, -0.05) is 18.2 Å². The summed E-state index contributed by atoms with van der Waals surface area (Å²) in [6.07, 6.45) is -0.127. The van der Waals surface area contributed by atoms with Crippen molar-refractivity contribution in [2.45, 2.75) is 43.6 Å². The lowest BCUT2D eigenvalue weighted by Crippen LogP contribution is -2.63. The molecule has 10 nitrogen and oxygen atoms in total. The molecular weight excluding hydrogens is 533 g/mol. The number of carbonyl (C=O) groups is 3. The van der Waals surface area contributed by atoms with Gasteiger partial charge in [-0.15, -0.1) is 0 Å². The zero-order valence-electron chi connectivity index (χ0n) is 22.7. The average Bonchev–Trinajstić information content (AvgIpc) is 3.30. The summed E-state index contributed by atoms with van der Waals surface area (Å²) in [4.78, 5) is 43.0. The predicted molar refractivity (Wildman–Crippen MR) is 146 cm³/mol. The molecule has 1 fully saturated rings. The van der Waals surface area contributed by atoms with Crippen molar-refractivity contribution in [1.29, 1.82) is 0 Å². The molecule has 6 rings (SSSR count). The van der Waals surface area contributed by atoms with Crippen LogP contribution in [0.1, 0.15) is 34.3 Å². The van der Waals surface area contributed by atoms with Crippen LogP contribution in [0.3, 0.4) is 0 Å². The number of nitrogens with two attached hydrogens (primary N) is 1. The molecule has 1 heterocycles. The second-order valence-corrected chi connectivity index (χ2v) is 11.9. The highest BCUT2D eigenvalue weighted by atomic mass is 19.1. The fourth-order valence-corrected chi connectivity index (χ4v) is 7.35. The van der Waals surface area contributed by atoms with Crippen LogP contribution in [0.5, 0.6) is 5.75 Å². The van der Waals surface area contributed by atoms with Crippen molar-refractivity contribution in [3.05, 3.63) is 63.6 Å². The molecule has 4 aliphatic rings. The van der Waals surface area contributed by atoms with Gasteiger partial charge in [0.1, 0.15) is 29.0 Å². The number of amides is 1. The van der Waals surface area contributed by atoms with Gasteiger partial charge in [-0.25, -0.2) is 4.39 Å². The summed E-state index contributed by atoms with van der Waals surface area (Å²) in [7, 11) is 3.18. The van der Waals surface area contributed by atoms with E-state index in [4.69, 9.17) is 5.73 Å². The van der Waals surface area contributed by atoms with Crippen LogP contribution in [0.25, 0.3) is 10.8 Å². The summed E-state index contributed by atoms with van der Waals surface area (Å²) < 4.78 is 13.7. The Labute approximate surface area is 235 Å². The van der Waals surface area contributed by atoms with Crippen LogP contribution >= 0.6 is 0 Å². The number of allylic oxidation sites excluding steroid dienone is 1. The maximum Gasteiger partial charge on any atom is 0.255 e. The largest absolute Gasteiger partial charge is 0.510 e. The van der Waals surface area contributed by atoms with Gasteiger partial charge in [0, 0.05) is 36.5 Å². The summed E-state index contributed by atoms with van der Waals surface area (Å²) in [5.74, 6) is -6.71. The first kappa shape index (κ1) is 27.4. The molecule has 0 spiro atoms. The Morgan fingerprint density at radius 3 is 2.56 bits per heavy atom. The van der Waals surface area contributed by atoms with E-state index in [0.29, 0.717) is 42.4 Å². The van der Waals surface area contributed by atoms with Crippen molar-refractivity contribution in [2.75, 3.05) is 27.2 Å². The number of hydrogen-bond acceptors (Lipinski definition) is 9. The Balaban J connectivity index is 1.46. The number of aliphatic hydroxyl groups excluding tert-OH is 2. The molecule has 0 unspecified atom stereocenters. The number of likely N-dealkylation sites (tertiary alicyclic amines) is 1. The van der Waals surface area contributed by atoms with E-state index in [0.717, 1.165) is 5.56 Å². The fourth-order valence-electron chi connectivity index (χ4n) is 7.35. The van der Waals surface area contributed by atoms with Crippen LogP contribution in [-0.4, -0.2) is 92.7 Å². The van der Waals surface area contributed by atoms with Crippen molar-refractivity contribution < 1.29 is 39.2 Å². The third kappa shape index (κ3) is 3.90. The Morgan fingerprint density at radius 1 is 1.20 bits per heavy atom. The lowest BCUT2D eigenvalue weighted by molar-refractivity contribution is -0.148. The second kappa shape index (κ2) is 9.37. The summed E-state index contributed by atoms with van der Waals surface area (Å²) >= 11 is 0. The highest BCUT2D eigenvalue weighted by Crippen LogP contribution is 2.52. The van der Waals surface area contributed by atoms with Gasteiger partial charge in [-0.2, -0.15) is 0 Å². The van der Waals surface area contributed by atoms with Gasteiger partial charge in [0.05, 0.1) is 11.6 Å². The number of ketones is 2. The van der Waals surface area contributed by atoms with Crippen molar-refractivity contribution in [2.24, 2.45) is 17.6 Å². The minimum absolute atomic E-state index is 0.0274. The number of alkyl halides is 1. The fraction of sp³-hybridized carbons (Fsp3) is 0.433. The van der Waals surface area contributed by atoms with E-state index in [2.05, 4.69) is 0 Å². The van der Waals surface area contributed by atoms with Crippen LogP contribution in [0.2, 0.25) is 0 Å². The number of benzene rings is 2. The third-order valence-electron chi connectivity index (χ3n) is 9.21. The lowest BCUT2D eigenvalue weighted by atomic mass is 9.58. The molecule has 1 aliphatic heterocycles. The van der Waals surface area contributed by atoms with Crippen LogP contribution in [0, 0.1) is 11.8 Å². The topological polar surface area (TPSA) is 165 Å². The van der Waals surface area contributed by atoms with Crippen LogP contribution in [-0.2, 0) is 22.6 Å². The number of hydrogen-bond donors (Lipinski definition) is 5. The summed E-state index contributed by atoms with van der Waals surface area (Å²) in [6.45, 7) is 1.45. The Bertz CT molecular complexity index is 1600. The summed E-state index contributed by atoms with van der Waals surface area (Å²) in [5.41, 5.74) is 3.04. The van der Waals surface area contributed by atoms with E-state index in [9.17, 15) is 39.2 Å². The molecule has 3 aliphatic carbocycles. The van der Waals surface area contributed by atoms with E-state index in [1.165, 1.54) is 4.90 Å². The molecule has 1 saturated heterocycles. The van der Waals surface area contributed by atoms with Crippen molar-refractivity contribution >= 4 is 28.2 Å². The molecule has 5 atom stereocenters. The molecular formula is C30H32FN3O7. The number of phenols is 1. The molecule has 6 N–H and O–H groups in total. The smallest absolute Gasteiger partial charge is 0.255 e. The molecule has 0 bridgehead atoms. The molecule has 41 heavy (non-hydrogen) atoms. The number of halogens is 1. The quantitative estimate of drug-likeness (QED) is 0.348. The second-order valence-electron chi connectivity index (χ2n) is 11.9. The zero-order chi connectivity index (χ0) is 29.5. The van der Waals surface area contributed by atoms with E-state index < -0.39 is 64.2 Å². The van der Waals surface area contributed by atoms with E-state index in [1.807, 2.05) is 23.1 Å². The standard InChI is InChI=1S/C30H32FN3O7/c1-33(2)23-19-10-16-9-15-8-14-4-3-13(11-34-6-5-17(31)12-34)7-18(14)24(35)20(15)25(36)21(16)27(38)30(19,41)28(39)22(26(23)37)29(32)40/h3-4,7-8,16-17,19,23,35,37-38,41H,5-6,9-12H2,1-2H3,(H2,32,40)/t16-,17-,19-,23-,30-/m0/s1. The van der Waals surface area contributed by atoms with Gasteiger partial charge < -0.3 is 26.2 Å². The zero-order valence-corrected chi connectivity index (χ0v) is 22.7. The first-order chi connectivity index (χ1) is 19.3. The number of likely N-dealkylation sites (N-methyl/N-ethyl adjacent to an activating group) is 1. The Hall–Kier alpha value is -3.80. The monoisotopic (exact) mass is 565 g/mol. The van der Waals surface area contributed by atoms with Gasteiger partial charge >= 0.3 is 0 Å². The number of rotatable bonds is 4. The number of nitrogens with zero attached hydrogens (tertiary/aromatic N) is 2. The van der Waals surface area contributed by atoms with Crippen LogP contribution in [0.4, 0.5) is 4.39 Å². The molecule has 1 amide bonds. The number of aromatic hydroxyl groups is 1. The van der Waals surface area contributed by atoms with E-state index >= 15 is 0 Å². The van der Waals surface area contributed by atoms with Gasteiger partial charge in [-0.05, 0) is 61.9 Å².